The molecule has 33 heavy (non-hydrogen) atoms. The summed E-state index contributed by atoms with van der Waals surface area (Å²) in [5.41, 5.74) is 1.17. The third kappa shape index (κ3) is 3.69. The molecular formula is C25H30F3N3O2. The van der Waals surface area contributed by atoms with Crippen molar-refractivity contribution in [2.45, 2.75) is 76.0 Å². The normalized spacial score (nSPS) is 37.5. The fourth-order valence-corrected chi connectivity index (χ4v) is 7.86. The summed E-state index contributed by atoms with van der Waals surface area (Å²) in [6, 6.07) is 10.3. The largest absolute Gasteiger partial charge is 0.493 e. The summed E-state index contributed by atoms with van der Waals surface area (Å²) < 4.78 is 39.1. The summed E-state index contributed by atoms with van der Waals surface area (Å²) in [4.78, 5) is 18.8. The van der Waals surface area contributed by atoms with Gasteiger partial charge in [-0.3, -0.25) is 0 Å². The lowest BCUT2D eigenvalue weighted by molar-refractivity contribution is -0.250. The number of fused-ring (bicyclic) bond motifs is 1. The van der Waals surface area contributed by atoms with Gasteiger partial charge in [-0.15, -0.1) is 5.10 Å². The average molecular weight is 462 g/mol. The van der Waals surface area contributed by atoms with Crippen molar-refractivity contribution in [3.05, 3.63) is 35.9 Å². The summed E-state index contributed by atoms with van der Waals surface area (Å²) >= 11 is 0. The Morgan fingerprint density at radius 3 is 2.21 bits per heavy atom. The summed E-state index contributed by atoms with van der Waals surface area (Å²) in [6.45, 7) is 0.713. The summed E-state index contributed by atoms with van der Waals surface area (Å²) in [5.74, 6) is 1.08. The van der Waals surface area contributed by atoms with Crippen molar-refractivity contribution in [3.63, 3.8) is 0 Å². The van der Waals surface area contributed by atoms with Crippen molar-refractivity contribution in [1.82, 2.24) is 10.1 Å². The molecule has 178 valence electrons. The molecule has 4 bridgehead atoms. The second-order valence-corrected chi connectivity index (χ2v) is 10.9. The number of nitrogens with zero attached hydrogens (tertiary/aromatic N) is 3. The van der Waals surface area contributed by atoms with E-state index in [9.17, 15) is 18.0 Å². The number of alkyl halides is 3. The van der Waals surface area contributed by atoms with Crippen LogP contribution < -0.4 is 0 Å². The van der Waals surface area contributed by atoms with E-state index in [-0.39, 0.29) is 5.41 Å². The number of carbonyl (C=O) groups excluding carboxylic acids is 1. The summed E-state index contributed by atoms with van der Waals surface area (Å²) in [6.07, 6.45) is 3.83. The molecular weight excluding hydrogens is 431 g/mol. The van der Waals surface area contributed by atoms with Crippen molar-refractivity contribution < 1.29 is 22.8 Å². The van der Waals surface area contributed by atoms with Gasteiger partial charge in [0, 0.05) is 12.0 Å². The molecule has 2 unspecified atom stereocenters. The lowest BCUT2D eigenvalue weighted by atomic mass is 9.49. The predicted octanol–water partition coefficient (Wildman–Crippen LogP) is 5.45. The standard InChI is InChI=1S/C25H30F3N3O2/c26-25(27,28)23(32)33-31-21-7-6-20(19-4-2-1-3-5-19)8-9-30(21)22(29-31)24-13-16-10-17(14-24)12-18(11-16)15-24/h1-5,16-18,20-21H,6-15H2. The van der Waals surface area contributed by atoms with Crippen LogP contribution in [0.4, 0.5) is 13.2 Å². The molecule has 1 aromatic carbocycles. The number of hydrogen-bond donors (Lipinski definition) is 0. The molecule has 2 heterocycles. The molecule has 4 aliphatic carbocycles. The molecule has 5 fully saturated rings. The molecule has 0 aromatic heterocycles. The van der Waals surface area contributed by atoms with Gasteiger partial charge in [-0.05, 0) is 87.0 Å². The Kier molecular flexibility index (Phi) is 4.93. The molecule has 1 saturated heterocycles. The van der Waals surface area contributed by atoms with Gasteiger partial charge >= 0.3 is 12.1 Å². The number of hydroxylamine groups is 1. The Bertz CT molecular complexity index is 913. The van der Waals surface area contributed by atoms with E-state index in [4.69, 9.17) is 4.84 Å². The molecule has 8 heteroatoms. The summed E-state index contributed by atoms with van der Waals surface area (Å²) in [7, 11) is 0. The quantitative estimate of drug-likeness (QED) is 0.601. The zero-order valence-corrected chi connectivity index (χ0v) is 18.6. The fraction of sp³-hybridized carbons (Fsp3) is 0.680. The first-order valence-electron chi connectivity index (χ1n) is 12.3. The minimum atomic E-state index is -5.04. The van der Waals surface area contributed by atoms with Crippen LogP contribution in [-0.2, 0) is 9.63 Å². The van der Waals surface area contributed by atoms with Crippen LogP contribution in [0, 0.1) is 23.2 Å². The molecule has 0 spiro atoms. The van der Waals surface area contributed by atoms with Crippen LogP contribution in [0.25, 0.3) is 0 Å². The lowest BCUT2D eigenvalue weighted by Gasteiger charge is -2.57. The van der Waals surface area contributed by atoms with Crippen molar-refractivity contribution in [2.24, 2.45) is 28.3 Å². The van der Waals surface area contributed by atoms with Crippen LogP contribution in [0.15, 0.2) is 35.4 Å². The van der Waals surface area contributed by atoms with Crippen LogP contribution in [0.1, 0.15) is 69.3 Å². The highest BCUT2D eigenvalue weighted by atomic mass is 19.4. The molecule has 5 nitrogen and oxygen atoms in total. The Balaban J connectivity index is 1.31. The zero-order chi connectivity index (χ0) is 22.8. The van der Waals surface area contributed by atoms with Gasteiger partial charge in [0.2, 0.25) is 0 Å². The van der Waals surface area contributed by atoms with Gasteiger partial charge in [0.15, 0.2) is 6.17 Å². The SMILES string of the molecule is O=C(ON1N=C(C23CC4CC(CC(C4)C2)C3)N2CCC(c3ccccc3)CCC12)C(F)(F)F. The Labute approximate surface area is 191 Å². The van der Waals surface area contributed by atoms with E-state index >= 15 is 0 Å². The first kappa shape index (κ1) is 21.3. The number of hydrogen-bond acceptors (Lipinski definition) is 5. The minimum Gasteiger partial charge on any atom is -0.333 e. The highest BCUT2D eigenvalue weighted by molar-refractivity contribution is 5.90. The van der Waals surface area contributed by atoms with Crippen molar-refractivity contribution in [3.8, 4) is 0 Å². The first-order valence-corrected chi connectivity index (χ1v) is 12.3. The van der Waals surface area contributed by atoms with Crippen LogP contribution in [-0.4, -0.2) is 40.8 Å². The number of rotatable bonds is 3. The Morgan fingerprint density at radius 1 is 0.970 bits per heavy atom. The van der Waals surface area contributed by atoms with Gasteiger partial charge < -0.3 is 9.74 Å². The topological polar surface area (TPSA) is 45.1 Å². The highest BCUT2D eigenvalue weighted by Crippen LogP contribution is 2.61. The van der Waals surface area contributed by atoms with E-state index < -0.39 is 18.3 Å². The van der Waals surface area contributed by atoms with E-state index in [1.807, 2.05) is 18.2 Å². The van der Waals surface area contributed by atoms with E-state index in [1.165, 1.54) is 24.8 Å². The molecule has 0 radical (unpaired) electrons. The average Bonchev–Trinajstić information content (AvgIpc) is 2.96. The van der Waals surface area contributed by atoms with E-state index in [1.54, 1.807) is 0 Å². The smallest absolute Gasteiger partial charge is 0.333 e. The molecule has 2 aliphatic heterocycles. The van der Waals surface area contributed by atoms with Crippen molar-refractivity contribution >= 4 is 11.8 Å². The molecule has 1 aromatic rings. The van der Waals surface area contributed by atoms with E-state index in [0.717, 1.165) is 43.1 Å². The van der Waals surface area contributed by atoms with Gasteiger partial charge in [-0.25, -0.2) is 4.79 Å². The minimum absolute atomic E-state index is 0.0844. The maximum atomic E-state index is 13.0. The van der Waals surface area contributed by atoms with Gasteiger partial charge in [0.05, 0.1) is 0 Å². The van der Waals surface area contributed by atoms with Crippen molar-refractivity contribution in [1.29, 1.82) is 0 Å². The number of benzene rings is 1. The van der Waals surface area contributed by atoms with Crippen LogP contribution >= 0.6 is 0 Å². The van der Waals surface area contributed by atoms with Gasteiger partial charge in [0.25, 0.3) is 0 Å². The third-order valence-electron chi connectivity index (χ3n) is 8.76. The number of hydrazone groups is 1. The van der Waals surface area contributed by atoms with Gasteiger partial charge in [-0.1, -0.05) is 35.5 Å². The third-order valence-corrected chi connectivity index (χ3v) is 8.76. The van der Waals surface area contributed by atoms with E-state index in [0.29, 0.717) is 36.6 Å². The molecule has 6 aliphatic rings. The van der Waals surface area contributed by atoms with E-state index in [2.05, 4.69) is 22.1 Å². The second kappa shape index (κ2) is 7.64. The molecule has 0 N–H and O–H groups in total. The number of amidine groups is 1. The molecule has 4 saturated carbocycles. The summed E-state index contributed by atoms with van der Waals surface area (Å²) in [5, 5.41) is 5.65. The van der Waals surface area contributed by atoms with Gasteiger partial charge in [-0.2, -0.15) is 13.2 Å². The maximum Gasteiger partial charge on any atom is 0.493 e. The predicted molar refractivity (Wildman–Crippen MR) is 116 cm³/mol. The lowest BCUT2D eigenvalue weighted by Crippen LogP contribution is -2.55. The fourth-order valence-electron chi connectivity index (χ4n) is 7.86. The number of carbonyl (C=O) groups is 1. The Morgan fingerprint density at radius 2 is 1.61 bits per heavy atom. The second-order valence-electron chi connectivity index (χ2n) is 10.9. The molecule has 7 rings (SSSR count). The molecule has 0 amide bonds. The highest BCUT2D eigenvalue weighted by Gasteiger charge is 2.58. The molecule has 2 atom stereocenters. The maximum absolute atomic E-state index is 13.0. The van der Waals surface area contributed by atoms with Gasteiger partial charge in [0.1, 0.15) is 5.84 Å². The Hall–Kier alpha value is -2.25. The van der Waals surface area contributed by atoms with Crippen LogP contribution in [0.5, 0.6) is 0 Å². The number of halogens is 3. The van der Waals surface area contributed by atoms with Crippen LogP contribution in [0.3, 0.4) is 0 Å². The van der Waals surface area contributed by atoms with Crippen LogP contribution in [0.2, 0.25) is 0 Å². The monoisotopic (exact) mass is 461 g/mol. The first-order chi connectivity index (χ1) is 15.8. The van der Waals surface area contributed by atoms with Crippen molar-refractivity contribution in [2.75, 3.05) is 6.54 Å². The zero-order valence-electron chi connectivity index (χ0n) is 18.6.